The van der Waals surface area contributed by atoms with Gasteiger partial charge >= 0.3 is 0 Å². The number of hydrogen-bond donors (Lipinski definition) is 1. The van der Waals surface area contributed by atoms with E-state index < -0.39 is 0 Å². The zero-order chi connectivity index (χ0) is 21.1. The van der Waals surface area contributed by atoms with E-state index in [9.17, 15) is 9.59 Å². The Hall–Kier alpha value is -3.41. The number of aromatic nitrogens is 3. The first kappa shape index (κ1) is 19.9. The van der Waals surface area contributed by atoms with Gasteiger partial charge in [0.2, 0.25) is 5.91 Å². The first-order chi connectivity index (χ1) is 14.6. The fourth-order valence-corrected chi connectivity index (χ4v) is 3.97. The number of benzene rings is 2. The van der Waals surface area contributed by atoms with E-state index in [1.54, 1.807) is 6.20 Å². The van der Waals surface area contributed by atoms with Crippen LogP contribution in [0.2, 0.25) is 0 Å². The number of hydrogen-bond acceptors (Lipinski definition) is 3. The van der Waals surface area contributed by atoms with E-state index in [2.05, 4.69) is 23.4 Å². The highest BCUT2D eigenvalue weighted by Crippen LogP contribution is 2.26. The van der Waals surface area contributed by atoms with Crippen molar-refractivity contribution in [2.75, 3.05) is 6.54 Å². The maximum atomic E-state index is 13.2. The van der Waals surface area contributed by atoms with Crippen molar-refractivity contribution in [3.8, 4) is 0 Å². The number of amides is 1. The van der Waals surface area contributed by atoms with Crippen LogP contribution >= 0.6 is 0 Å². The average molecular weight is 402 g/mol. The maximum Gasteiger partial charge on any atom is 0.291 e. The molecule has 0 atom stereocenters. The van der Waals surface area contributed by atoms with Crippen LogP contribution in [0.5, 0.6) is 0 Å². The van der Waals surface area contributed by atoms with Crippen LogP contribution in [0.25, 0.3) is 21.8 Å². The monoisotopic (exact) mass is 402 g/mol. The van der Waals surface area contributed by atoms with Crippen LogP contribution in [0.15, 0.2) is 59.5 Å². The molecule has 0 bridgehead atoms. The van der Waals surface area contributed by atoms with Gasteiger partial charge in [-0.25, -0.2) is 4.68 Å². The van der Waals surface area contributed by atoms with Crippen LogP contribution < -0.4 is 10.9 Å². The van der Waals surface area contributed by atoms with Gasteiger partial charge in [-0.15, -0.1) is 0 Å². The highest BCUT2D eigenvalue weighted by atomic mass is 16.2. The van der Waals surface area contributed by atoms with E-state index in [1.165, 1.54) is 15.8 Å². The number of nitrogens with one attached hydrogen (secondary N) is 1. The predicted octanol–water partition coefficient (Wildman–Crippen LogP) is 3.43. The predicted molar refractivity (Wildman–Crippen MR) is 120 cm³/mol. The Balaban J connectivity index is 1.55. The van der Waals surface area contributed by atoms with E-state index in [-0.39, 0.29) is 18.0 Å². The van der Waals surface area contributed by atoms with E-state index in [0.29, 0.717) is 12.1 Å². The van der Waals surface area contributed by atoms with Crippen molar-refractivity contribution < 1.29 is 4.79 Å². The molecular weight excluding hydrogens is 376 g/mol. The third kappa shape index (κ3) is 3.85. The van der Waals surface area contributed by atoms with E-state index in [4.69, 9.17) is 0 Å². The first-order valence-electron chi connectivity index (χ1n) is 10.4. The summed E-state index contributed by atoms with van der Waals surface area (Å²) in [6, 6.07) is 16.2. The molecule has 2 aromatic heterocycles. The van der Waals surface area contributed by atoms with Crippen LogP contribution in [-0.2, 0) is 24.3 Å². The Morgan fingerprint density at radius 1 is 1.10 bits per heavy atom. The molecule has 0 fully saturated rings. The largest absolute Gasteiger partial charge is 0.354 e. The molecule has 6 heteroatoms. The smallest absolute Gasteiger partial charge is 0.291 e. The van der Waals surface area contributed by atoms with Crippen molar-refractivity contribution in [1.82, 2.24) is 19.7 Å². The summed E-state index contributed by atoms with van der Waals surface area (Å²) in [5, 5.41) is 9.02. The molecule has 1 amide bonds. The number of rotatable bonds is 7. The Kier molecular flexibility index (Phi) is 5.65. The van der Waals surface area contributed by atoms with Gasteiger partial charge in [0, 0.05) is 29.4 Å². The number of aryl methyl sites for hydroxylation is 2. The van der Waals surface area contributed by atoms with Crippen molar-refractivity contribution in [2.24, 2.45) is 0 Å². The van der Waals surface area contributed by atoms with Gasteiger partial charge < -0.3 is 9.88 Å². The lowest BCUT2D eigenvalue weighted by molar-refractivity contribution is -0.121. The molecule has 2 heterocycles. The second-order valence-electron chi connectivity index (χ2n) is 7.63. The van der Waals surface area contributed by atoms with Crippen molar-refractivity contribution in [2.45, 2.75) is 39.8 Å². The second-order valence-corrected chi connectivity index (χ2v) is 7.63. The molecule has 30 heavy (non-hydrogen) atoms. The molecule has 0 aliphatic carbocycles. The summed E-state index contributed by atoms with van der Waals surface area (Å²) in [6.45, 7) is 5.31. The minimum absolute atomic E-state index is 0.0871. The summed E-state index contributed by atoms with van der Waals surface area (Å²) in [7, 11) is 0. The van der Waals surface area contributed by atoms with Gasteiger partial charge in [-0.05, 0) is 31.4 Å². The van der Waals surface area contributed by atoms with Crippen LogP contribution in [0.4, 0.5) is 0 Å². The summed E-state index contributed by atoms with van der Waals surface area (Å²) < 4.78 is 3.30. The Bertz CT molecular complexity index is 1270. The lowest BCUT2D eigenvalue weighted by Crippen LogP contribution is -2.35. The van der Waals surface area contributed by atoms with Gasteiger partial charge in [-0.2, -0.15) is 5.10 Å². The molecule has 0 saturated carbocycles. The Morgan fingerprint density at radius 2 is 1.93 bits per heavy atom. The molecule has 2 aromatic carbocycles. The highest BCUT2D eigenvalue weighted by molar-refractivity contribution is 6.07. The molecule has 4 rings (SSSR count). The van der Waals surface area contributed by atoms with Gasteiger partial charge in [0.25, 0.3) is 5.56 Å². The quantitative estimate of drug-likeness (QED) is 0.515. The fraction of sp³-hybridized carbons (Fsp3) is 0.292. The number of carbonyl (C=O) groups excluding carboxylic acids is 1. The minimum Gasteiger partial charge on any atom is -0.354 e. The lowest BCUT2D eigenvalue weighted by Gasteiger charge is -2.09. The van der Waals surface area contributed by atoms with Gasteiger partial charge in [0.15, 0.2) is 0 Å². The molecule has 0 radical (unpaired) electrons. The normalized spacial score (nSPS) is 11.3. The van der Waals surface area contributed by atoms with Crippen LogP contribution in [0.1, 0.15) is 24.5 Å². The van der Waals surface area contributed by atoms with Gasteiger partial charge in [-0.3, -0.25) is 9.59 Å². The van der Waals surface area contributed by atoms with Crippen LogP contribution in [-0.4, -0.2) is 26.8 Å². The van der Waals surface area contributed by atoms with Gasteiger partial charge in [0.05, 0.1) is 6.20 Å². The second kappa shape index (κ2) is 8.53. The third-order valence-corrected chi connectivity index (χ3v) is 5.33. The number of nitrogens with zero attached hydrogens (tertiary/aromatic N) is 3. The number of para-hydroxylation sites is 1. The minimum atomic E-state index is -0.231. The van der Waals surface area contributed by atoms with Crippen molar-refractivity contribution in [1.29, 1.82) is 0 Å². The van der Waals surface area contributed by atoms with E-state index in [0.717, 1.165) is 35.7 Å². The summed E-state index contributed by atoms with van der Waals surface area (Å²) in [5.41, 5.74) is 3.78. The zero-order valence-corrected chi connectivity index (χ0v) is 17.4. The lowest BCUT2D eigenvalue weighted by atomic mass is 10.1. The first-order valence-corrected chi connectivity index (χ1v) is 10.4. The maximum absolute atomic E-state index is 13.2. The molecule has 1 N–H and O–H groups in total. The number of fused-ring (bicyclic) bond motifs is 3. The van der Waals surface area contributed by atoms with Crippen molar-refractivity contribution >= 4 is 27.7 Å². The summed E-state index contributed by atoms with van der Waals surface area (Å²) in [4.78, 5) is 25.6. The van der Waals surface area contributed by atoms with Gasteiger partial charge in [0.1, 0.15) is 12.1 Å². The van der Waals surface area contributed by atoms with E-state index >= 15 is 0 Å². The molecular formula is C24H26N4O2. The van der Waals surface area contributed by atoms with Gasteiger partial charge in [-0.1, -0.05) is 55.0 Å². The molecule has 4 aromatic rings. The Labute approximate surface area is 175 Å². The third-order valence-electron chi connectivity index (χ3n) is 5.33. The molecule has 0 aliphatic heterocycles. The van der Waals surface area contributed by atoms with Crippen molar-refractivity contribution in [3.63, 3.8) is 0 Å². The van der Waals surface area contributed by atoms with E-state index in [1.807, 2.05) is 54.0 Å². The molecule has 0 unspecified atom stereocenters. The molecule has 6 nitrogen and oxygen atoms in total. The molecule has 0 aliphatic rings. The SMILES string of the molecule is CCCn1c2ccccc2c2cnn(CC(=O)NCCc3cccc(C)c3)c(=O)c21. The topological polar surface area (TPSA) is 68.9 Å². The summed E-state index contributed by atoms with van der Waals surface area (Å²) >= 11 is 0. The fourth-order valence-electron chi connectivity index (χ4n) is 3.97. The average Bonchev–Trinajstić information content (AvgIpc) is 3.05. The van der Waals surface area contributed by atoms with Crippen LogP contribution in [0, 0.1) is 6.92 Å². The number of carbonyl (C=O) groups is 1. The summed E-state index contributed by atoms with van der Waals surface area (Å²) in [5.74, 6) is -0.213. The zero-order valence-electron chi connectivity index (χ0n) is 17.4. The molecule has 0 spiro atoms. The molecule has 0 saturated heterocycles. The van der Waals surface area contributed by atoms with Crippen molar-refractivity contribution in [3.05, 3.63) is 76.2 Å². The Morgan fingerprint density at radius 3 is 2.73 bits per heavy atom. The standard InChI is InChI=1S/C24H26N4O2/c1-3-13-27-21-10-5-4-9-19(21)20-15-26-28(24(30)23(20)27)16-22(29)25-12-11-18-8-6-7-17(2)14-18/h4-10,14-15H,3,11-13,16H2,1-2H3,(H,25,29). The molecule has 154 valence electrons. The summed E-state index contributed by atoms with van der Waals surface area (Å²) in [6.07, 6.45) is 3.36. The van der Waals surface area contributed by atoms with Crippen LogP contribution in [0.3, 0.4) is 0 Å². The highest BCUT2D eigenvalue weighted by Gasteiger charge is 2.16.